The lowest BCUT2D eigenvalue weighted by Crippen LogP contribution is -2.25. The first-order chi connectivity index (χ1) is 12.0. The van der Waals surface area contributed by atoms with Gasteiger partial charge in [-0.1, -0.05) is 37.4 Å². The van der Waals surface area contributed by atoms with Crippen molar-refractivity contribution in [1.82, 2.24) is 10.3 Å². The van der Waals surface area contributed by atoms with Gasteiger partial charge in [0.1, 0.15) is 5.69 Å². The van der Waals surface area contributed by atoms with Gasteiger partial charge in [-0.05, 0) is 43.2 Å². The number of benzene rings is 1. The minimum atomic E-state index is -0.388. The van der Waals surface area contributed by atoms with Crippen molar-refractivity contribution in [2.24, 2.45) is 0 Å². The minimum Gasteiger partial charge on any atom is -0.352 e. The second kappa shape index (κ2) is 9.18. The molecule has 1 aromatic carbocycles. The summed E-state index contributed by atoms with van der Waals surface area (Å²) in [5.41, 5.74) is 2.10. The van der Waals surface area contributed by atoms with E-state index in [4.69, 9.17) is 11.6 Å². The van der Waals surface area contributed by atoms with Crippen molar-refractivity contribution in [2.45, 2.75) is 33.1 Å². The van der Waals surface area contributed by atoms with Gasteiger partial charge in [0.2, 0.25) is 0 Å². The molecule has 0 bridgehead atoms. The van der Waals surface area contributed by atoms with E-state index in [1.165, 1.54) is 12.3 Å². The maximum atomic E-state index is 12.3. The maximum absolute atomic E-state index is 12.3. The molecule has 1 heterocycles. The summed E-state index contributed by atoms with van der Waals surface area (Å²) in [6.07, 6.45) is 4.56. The van der Waals surface area contributed by atoms with Crippen LogP contribution in [-0.4, -0.2) is 23.3 Å². The van der Waals surface area contributed by atoms with Crippen molar-refractivity contribution >= 4 is 29.1 Å². The molecule has 132 valence electrons. The van der Waals surface area contributed by atoms with Crippen molar-refractivity contribution in [2.75, 3.05) is 11.9 Å². The second-order valence-electron chi connectivity index (χ2n) is 5.81. The summed E-state index contributed by atoms with van der Waals surface area (Å²) in [6, 6.07) is 8.35. The highest BCUT2D eigenvalue weighted by molar-refractivity contribution is 6.31. The summed E-state index contributed by atoms with van der Waals surface area (Å²) in [5, 5.41) is 6.16. The van der Waals surface area contributed by atoms with Crippen LogP contribution in [0, 0.1) is 6.92 Å². The molecule has 2 N–H and O–H groups in total. The summed E-state index contributed by atoms with van der Waals surface area (Å²) in [5.74, 6) is -0.591. The van der Waals surface area contributed by atoms with Crippen molar-refractivity contribution in [1.29, 1.82) is 0 Å². The van der Waals surface area contributed by atoms with Crippen molar-refractivity contribution in [3.05, 3.63) is 58.4 Å². The second-order valence-corrected chi connectivity index (χ2v) is 6.22. The molecule has 2 amide bonds. The zero-order chi connectivity index (χ0) is 18.2. The van der Waals surface area contributed by atoms with Crippen LogP contribution < -0.4 is 10.6 Å². The number of rotatable bonds is 7. The average molecular weight is 360 g/mol. The average Bonchev–Trinajstić information content (AvgIpc) is 2.62. The SMILES string of the molecule is CCCCCNC(=O)c1ccnc(C(=O)Nc2ccc(C)c(Cl)c2)c1. The zero-order valence-electron chi connectivity index (χ0n) is 14.4. The highest BCUT2D eigenvalue weighted by Crippen LogP contribution is 2.20. The number of unbranched alkanes of at least 4 members (excludes halogenated alkanes) is 2. The normalized spacial score (nSPS) is 10.4. The van der Waals surface area contributed by atoms with Gasteiger partial charge in [-0.3, -0.25) is 14.6 Å². The number of carbonyl (C=O) groups excluding carboxylic acids is 2. The van der Waals surface area contributed by atoms with Crippen LogP contribution in [0.25, 0.3) is 0 Å². The zero-order valence-corrected chi connectivity index (χ0v) is 15.2. The molecule has 0 radical (unpaired) electrons. The Morgan fingerprint density at radius 1 is 1.12 bits per heavy atom. The molecule has 0 unspecified atom stereocenters. The Morgan fingerprint density at radius 3 is 2.64 bits per heavy atom. The third kappa shape index (κ3) is 5.57. The third-order valence-corrected chi connectivity index (χ3v) is 4.16. The number of halogens is 1. The predicted molar refractivity (Wildman–Crippen MR) is 100 cm³/mol. The van der Waals surface area contributed by atoms with Gasteiger partial charge in [-0.15, -0.1) is 0 Å². The summed E-state index contributed by atoms with van der Waals surface area (Å²) in [7, 11) is 0. The van der Waals surface area contributed by atoms with Gasteiger partial charge in [-0.2, -0.15) is 0 Å². The fourth-order valence-corrected chi connectivity index (χ4v) is 2.42. The van der Waals surface area contributed by atoms with Crippen LogP contribution in [0.3, 0.4) is 0 Å². The fraction of sp³-hybridized carbons (Fsp3) is 0.316. The number of anilines is 1. The molecule has 0 spiro atoms. The lowest BCUT2D eigenvalue weighted by molar-refractivity contribution is 0.0953. The Kier molecular flexibility index (Phi) is 6.95. The van der Waals surface area contributed by atoms with Crippen molar-refractivity contribution in [3.63, 3.8) is 0 Å². The Morgan fingerprint density at radius 2 is 1.92 bits per heavy atom. The number of aryl methyl sites for hydroxylation is 1. The van der Waals surface area contributed by atoms with E-state index in [-0.39, 0.29) is 17.5 Å². The van der Waals surface area contributed by atoms with E-state index in [0.29, 0.717) is 22.8 Å². The monoisotopic (exact) mass is 359 g/mol. The van der Waals surface area contributed by atoms with E-state index in [2.05, 4.69) is 22.5 Å². The Labute approximate surface area is 152 Å². The molecular formula is C19H22ClN3O2. The molecule has 25 heavy (non-hydrogen) atoms. The molecule has 6 heteroatoms. The molecule has 0 saturated heterocycles. The van der Waals surface area contributed by atoms with E-state index in [0.717, 1.165) is 24.8 Å². The number of nitrogens with one attached hydrogen (secondary N) is 2. The van der Waals surface area contributed by atoms with Gasteiger partial charge < -0.3 is 10.6 Å². The minimum absolute atomic E-state index is 0.179. The molecule has 0 aliphatic rings. The number of amides is 2. The predicted octanol–water partition coefficient (Wildman–Crippen LogP) is 4.22. The topological polar surface area (TPSA) is 71.1 Å². The number of nitrogens with zero attached hydrogens (tertiary/aromatic N) is 1. The largest absolute Gasteiger partial charge is 0.352 e. The van der Waals surface area contributed by atoms with Crippen LogP contribution in [0.2, 0.25) is 5.02 Å². The van der Waals surface area contributed by atoms with Crippen LogP contribution in [0.1, 0.15) is 52.6 Å². The van der Waals surface area contributed by atoms with E-state index in [1.807, 2.05) is 13.0 Å². The third-order valence-electron chi connectivity index (χ3n) is 3.75. The quantitative estimate of drug-likeness (QED) is 0.727. The van der Waals surface area contributed by atoms with E-state index in [1.54, 1.807) is 18.2 Å². The highest BCUT2D eigenvalue weighted by atomic mass is 35.5. The summed E-state index contributed by atoms with van der Waals surface area (Å²) < 4.78 is 0. The fourth-order valence-electron chi connectivity index (χ4n) is 2.24. The molecule has 0 saturated carbocycles. The smallest absolute Gasteiger partial charge is 0.274 e. The molecule has 0 aliphatic heterocycles. The molecule has 2 rings (SSSR count). The van der Waals surface area contributed by atoms with Gasteiger partial charge in [0.05, 0.1) is 0 Å². The molecule has 0 aliphatic carbocycles. The van der Waals surface area contributed by atoms with Gasteiger partial charge in [0.25, 0.3) is 11.8 Å². The number of hydrogen-bond acceptors (Lipinski definition) is 3. The standard InChI is InChI=1S/C19H22ClN3O2/c1-3-4-5-9-22-18(24)14-8-10-21-17(11-14)19(25)23-15-7-6-13(2)16(20)12-15/h6-8,10-12H,3-5,9H2,1-2H3,(H,22,24)(H,23,25). The van der Waals surface area contributed by atoms with Crippen molar-refractivity contribution in [3.8, 4) is 0 Å². The number of hydrogen-bond donors (Lipinski definition) is 2. The van der Waals surface area contributed by atoms with Crippen LogP contribution in [0.5, 0.6) is 0 Å². The molecule has 5 nitrogen and oxygen atoms in total. The van der Waals surface area contributed by atoms with Crippen LogP contribution >= 0.6 is 11.6 Å². The van der Waals surface area contributed by atoms with Gasteiger partial charge in [0.15, 0.2) is 0 Å². The first-order valence-corrected chi connectivity index (χ1v) is 8.71. The summed E-state index contributed by atoms with van der Waals surface area (Å²) in [6.45, 7) is 4.62. The molecule has 0 fully saturated rings. The Balaban J connectivity index is 2.03. The van der Waals surface area contributed by atoms with Crippen LogP contribution in [-0.2, 0) is 0 Å². The van der Waals surface area contributed by atoms with Gasteiger partial charge in [-0.25, -0.2) is 0 Å². The van der Waals surface area contributed by atoms with Gasteiger partial charge >= 0.3 is 0 Å². The molecule has 2 aromatic rings. The lowest BCUT2D eigenvalue weighted by Gasteiger charge is -2.08. The summed E-state index contributed by atoms with van der Waals surface area (Å²) in [4.78, 5) is 28.5. The van der Waals surface area contributed by atoms with Crippen LogP contribution in [0.15, 0.2) is 36.5 Å². The van der Waals surface area contributed by atoms with E-state index in [9.17, 15) is 9.59 Å². The number of carbonyl (C=O) groups is 2. The van der Waals surface area contributed by atoms with Gasteiger partial charge in [0, 0.05) is 29.0 Å². The summed E-state index contributed by atoms with van der Waals surface area (Å²) >= 11 is 6.06. The first-order valence-electron chi connectivity index (χ1n) is 8.33. The molecular weight excluding hydrogens is 338 g/mol. The number of aromatic nitrogens is 1. The molecule has 1 aromatic heterocycles. The number of pyridine rings is 1. The maximum Gasteiger partial charge on any atom is 0.274 e. The Hall–Kier alpha value is -2.40. The van der Waals surface area contributed by atoms with E-state index >= 15 is 0 Å². The van der Waals surface area contributed by atoms with Crippen LogP contribution in [0.4, 0.5) is 5.69 Å². The Bertz CT molecular complexity index is 762. The lowest BCUT2D eigenvalue weighted by atomic mass is 10.2. The molecule has 0 atom stereocenters. The first kappa shape index (κ1) is 18.9. The van der Waals surface area contributed by atoms with E-state index < -0.39 is 0 Å². The highest BCUT2D eigenvalue weighted by Gasteiger charge is 2.12. The van der Waals surface area contributed by atoms with Crippen molar-refractivity contribution < 1.29 is 9.59 Å².